The number of hydrogen-bond donors (Lipinski definition) is 1. The van der Waals surface area contributed by atoms with Crippen LogP contribution in [-0.4, -0.2) is 73.4 Å². The number of ether oxygens (including phenoxy) is 1. The van der Waals surface area contributed by atoms with E-state index in [4.69, 9.17) is 4.74 Å². The number of fused-ring (bicyclic) bond motifs is 1. The first-order chi connectivity index (χ1) is 18.6. The summed E-state index contributed by atoms with van der Waals surface area (Å²) in [7, 11) is 3.46. The molecular weight excluding hydrogens is 474 g/mol. The van der Waals surface area contributed by atoms with Gasteiger partial charge in [0.2, 0.25) is 0 Å². The third-order valence-corrected chi connectivity index (χ3v) is 7.81. The fourth-order valence-electron chi connectivity index (χ4n) is 5.70. The Hall–Kier alpha value is -3.79. The lowest BCUT2D eigenvalue weighted by molar-refractivity contribution is -0.0587. The van der Waals surface area contributed by atoms with Crippen LogP contribution in [0, 0.1) is 11.8 Å². The van der Waals surface area contributed by atoms with Crippen molar-refractivity contribution in [1.29, 1.82) is 0 Å². The molecule has 2 aliphatic rings. The molecule has 0 radical (unpaired) electrons. The maximum Gasteiger partial charge on any atom is 0.324 e. The summed E-state index contributed by atoms with van der Waals surface area (Å²) in [6.07, 6.45) is 1.95. The molecular formula is C32H35N3O3. The van der Waals surface area contributed by atoms with E-state index in [1.807, 2.05) is 66.5 Å². The highest BCUT2D eigenvalue weighted by molar-refractivity contribution is 5.91. The summed E-state index contributed by atoms with van der Waals surface area (Å²) in [5, 5.41) is 10.3. The lowest BCUT2D eigenvalue weighted by Crippen LogP contribution is -2.68. The Balaban J connectivity index is 1.32. The molecule has 3 aromatic carbocycles. The minimum atomic E-state index is -0.00486. The highest BCUT2D eigenvalue weighted by atomic mass is 16.5. The second kappa shape index (κ2) is 11.7. The molecule has 196 valence electrons. The lowest BCUT2D eigenvalue weighted by atomic mass is 9.74. The highest BCUT2D eigenvalue weighted by Gasteiger charge is 2.49. The van der Waals surface area contributed by atoms with Gasteiger partial charge in [0.15, 0.2) is 0 Å². The van der Waals surface area contributed by atoms with Gasteiger partial charge in [-0.3, -0.25) is 9.80 Å². The molecule has 38 heavy (non-hydrogen) atoms. The number of methoxy groups -OCH3 is 1. The number of nitrogens with zero attached hydrogens (tertiary/aromatic N) is 3. The van der Waals surface area contributed by atoms with Crippen molar-refractivity contribution in [3.05, 3.63) is 95.6 Å². The quantitative estimate of drug-likeness (QED) is 0.524. The predicted molar refractivity (Wildman–Crippen MR) is 151 cm³/mol. The first-order valence-electron chi connectivity index (χ1n) is 13.3. The highest BCUT2D eigenvalue weighted by Crippen LogP contribution is 2.42. The normalized spacial score (nSPS) is 21.1. The molecule has 3 aromatic rings. The maximum atomic E-state index is 13.6. The summed E-state index contributed by atoms with van der Waals surface area (Å²) < 4.78 is 5.26. The monoisotopic (exact) mass is 509 g/mol. The van der Waals surface area contributed by atoms with Crippen molar-refractivity contribution in [3.8, 4) is 17.6 Å². The van der Waals surface area contributed by atoms with Crippen molar-refractivity contribution in [3.63, 3.8) is 0 Å². The van der Waals surface area contributed by atoms with E-state index in [0.29, 0.717) is 6.54 Å². The Kier molecular flexibility index (Phi) is 7.97. The van der Waals surface area contributed by atoms with Crippen molar-refractivity contribution in [2.75, 3.05) is 45.3 Å². The standard InChI is InChI=1S/C32H35N3O3/c1-33(27-16-18-28(38-2)19-17-27)32(37)34-20-6-7-21-35-29(22-34)31(30(35)23-36)26-14-12-25(13-15-26)11-10-24-8-4-3-5-9-24/h3-5,8-9,12-19,29-31,36H,6-7,20-23H2,1-2H3. The van der Waals surface area contributed by atoms with E-state index in [-0.39, 0.29) is 30.6 Å². The third-order valence-electron chi connectivity index (χ3n) is 7.81. The number of carbonyl (C=O) groups excluding carboxylic acids is 1. The van der Waals surface area contributed by atoms with Crippen LogP contribution in [0.5, 0.6) is 5.75 Å². The maximum absolute atomic E-state index is 13.6. The van der Waals surface area contributed by atoms with Crippen LogP contribution in [0.4, 0.5) is 10.5 Å². The van der Waals surface area contributed by atoms with E-state index in [0.717, 1.165) is 48.5 Å². The van der Waals surface area contributed by atoms with Crippen LogP contribution in [-0.2, 0) is 0 Å². The van der Waals surface area contributed by atoms with Crippen LogP contribution in [0.2, 0.25) is 0 Å². The van der Waals surface area contributed by atoms with E-state index in [9.17, 15) is 9.90 Å². The Morgan fingerprint density at radius 2 is 1.61 bits per heavy atom. The molecule has 2 heterocycles. The molecule has 2 amide bonds. The zero-order valence-corrected chi connectivity index (χ0v) is 22.1. The summed E-state index contributed by atoms with van der Waals surface area (Å²) in [6, 6.07) is 26.1. The molecule has 0 bridgehead atoms. The van der Waals surface area contributed by atoms with Crippen molar-refractivity contribution < 1.29 is 14.6 Å². The minimum absolute atomic E-state index is 0.00486. The Bertz CT molecular complexity index is 1280. The van der Waals surface area contributed by atoms with Gasteiger partial charge in [-0.15, -0.1) is 0 Å². The fourth-order valence-corrected chi connectivity index (χ4v) is 5.70. The number of amides is 2. The van der Waals surface area contributed by atoms with Crippen LogP contribution in [0.1, 0.15) is 35.4 Å². The molecule has 2 fully saturated rings. The van der Waals surface area contributed by atoms with E-state index >= 15 is 0 Å². The number of anilines is 1. The second-order valence-corrected chi connectivity index (χ2v) is 10.0. The average molecular weight is 510 g/mol. The van der Waals surface area contributed by atoms with E-state index in [1.54, 1.807) is 12.0 Å². The number of hydrogen-bond acceptors (Lipinski definition) is 4. The van der Waals surface area contributed by atoms with Crippen LogP contribution in [0.25, 0.3) is 0 Å². The van der Waals surface area contributed by atoms with Crippen molar-refractivity contribution >= 4 is 11.7 Å². The molecule has 0 aromatic heterocycles. The Morgan fingerprint density at radius 1 is 0.947 bits per heavy atom. The summed E-state index contributed by atoms with van der Waals surface area (Å²) in [5.41, 5.74) is 3.97. The summed E-state index contributed by atoms with van der Waals surface area (Å²) in [4.78, 5) is 19.6. The largest absolute Gasteiger partial charge is 0.497 e. The minimum Gasteiger partial charge on any atom is -0.497 e. The van der Waals surface area contributed by atoms with E-state index in [2.05, 4.69) is 41.0 Å². The van der Waals surface area contributed by atoms with Gasteiger partial charge in [0.1, 0.15) is 5.75 Å². The van der Waals surface area contributed by atoms with Crippen molar-refractivity contribution in [2.24, 2.45) is 0 Å². The summed E-state index contributed by atoms with van der Waals surface area (Å²) in [5.74, 6) is 7.38. The molecule has 0 spiro atoms. The lowest BCUT2D eigenvalue weighted by Gasteiger charge is -2.57. The Labute approximate surface area is 225 Å². The zero-order chi connectivity index (χ0) is 26.5. The number of aliphatic hydroxyl groups is 1. The smallest absolute Gasteiger partial charge is 0.324 e. The van der Waals surface area contributed by atoms with Crippen LogP contribution in [0.15, 0.2) is 78.9 Å². The van der Waals surface area contributed by atoms with Gasteiger partial charge < -0.3 is 14.7 Å². The van der Waals surface area contributed by atoms with Crippen LogP contribution >= 0.6 is 0 Å². The van der Waals surface area contributed by atoms with Gasteiger partial charge in [0.05, 0.1) is 13.7 Å². The van der Waals surface area contributed by atoms with Gasteiger partial charge in [-0.2, -0.15) is 0 Å². The van der Waals surface area contributed by atoms with Crippen LogP contribution < -0.4 is 9.64 Å². The molecule has 3 unspecified atom stereocenters. The van der Waals surface area contributed by atoms with Gasteiger partial charge in [-0.05, 0) is 73.5 Å². The zero-order valence-electron chi connectivity index (χ0n) is 22.1. The number of carbonyl (C=O) groups is 1. The molecule has 3 atom stereocenters. The number of aliphatic hydroxyl groups excluding tert-OH is 1. The van der Waals surface area contributed by atoms with Gasteiger partial charge in [-0.1, -0.05) is 42.2 Å². The molecule has 2 aliphatic heterocycles. The predicted octanol–water partition coefficient (Wildman–Crippen LogP) is 4.58. The van der Waals surface area contributed by atoms with Gasteiger partial charge in [-0.25, -0.2) is 4.79 Å². The summed E-state index contributed by atoms with van der Waals surface area (Å²) in [6.45, 7) is 2.42. The van der Waals surface area contributed by atoms with Crippen molar-refractivity contribution in [1.82, 2.24) is 9.80 Å². The van der Waals surface area contributed by atoms with E-state index < -0.39 is 0 Å². The first-order valence-corrected chi connectivity index (χ1v) is 13.3. The fraction of sp³-hybridized carbons (Fsp3) is 0.344. The summed E-state index contributed by atoms with van der Waals surface area (Å²) >= 11 is 0. The average Bonchev–Trinajstić information content (AvgIpc) is 2.95. The number of urea groups is 1. The molecule has 6 heteroatoms. The number of rotatable bonds is 4. The second-order valence-electron chi connectivity index (χ2n) is 10.0. The molecule has 2 saturated heterocycles. The molecule has 0 aliphatic carbocycles. The van der Waals surface area contributed by atoms with E-state index in [1.165, 1.54) is 5.56 Å². The first kappa shape index (κ1) is 25.8. The number of benzene rings is 3. The molecule has 5 rings (SSSR count). The molecule has 6 nitrogen and oxygen atoms in total. The van der Waals surface area contributed by atoms with Gasteiger partial charge >= 0.3 is 6.03 Å². The molecule has 1 N–H and O–H groups in total. The topological polar surface area (TPSA) is 56.2 Å². The third kappa shape index (κ3) is 5.40. The van der Waals surface area contributed by atoms with Gasteiger partial charge in [0.25, 0.3) is 0 Å². The van der Waals surface area contributed by atoms with Gasteiger partial charge in [0, 0.05) is 55.0 Å². The van der Waals surface area contributed by atoms with Crippen molar-refractivity contribution in [2.45, 2.75) is 30.8 Å². The Morgan fingerprint density at radius 3 is 2.26 bits per heavy atom. The van der Waals surface area contributed by atoms with Crippen LogP contribution in [0.3, 0.4) is 0 Å². The SMILES string of the molecule is COc1ccc(N(C)C(=O)N2CCCCN3C(CO)C(c4ccc(C#Cc5ccccc5)cc4)C3C2)cc1. The molecule has 0 saturated carbocycles.